The van der Waals surface area contributed by atoms with Crippen molar-refractivity contribution in [3.63, 3.8) is 0 Å². The molecule has 0 atom stereocenters. The Labute approximate surface area is 153 Å². The lowest BCUT2D eigenvalue weighted by Gasteiger charge is -2.00. The van der Waals surface area contributed by atoms with E-state index in [0.29, 0.717) is 5.95 Å². The maximum atomic E-state index is 4.37. The summed E-state index contributed by atoms with van der Waals surface area (Å²) in [4.78, 5) is 0. The first-order valence-corrected chi connectivity index (χ1v) is 8.70. The van der Waals surface area contributed by atoms with Crippen molar-refractivity contribution in [2.45, 2.75) is 26.7 Å². The summed E-state index contributed by atoms with van der Waals surface area (Å²) in [6.45, 7) is 4.27. The van der Waals surface area contributed by atoms with Crippen molar-refractivity contribution in [3.05, 3.63) is 77.1 Å². The van der Waals surface area contributed by atoms with Gasteiger partial charge >= 0.3 is 0 Å². The van der Waals surface area contributed by atoms with Crippen LogP contribution in [0.3, 0.4) is 0 Å². The summed E-state index contributed by atoms with van der Waals surface area (Å²) >= 11 is 0. The zero-order chi connectivity index (χ0) is 18.2. The minimum atomic E-state index is 0.452. The molecule has 0 unspecified atom stereocenters. The first-order valence-electron chi connectivity index (χ1n) is 8.70. The summed E-state index contributed by atoms with van der Waals surface area (Å²) in [7, 11) is 0. The van der Waals surface area contributed by atoms with Crippen LogP contribution < -0.4 is 5.43 Å². The molecule has 0 radical (unpaired) electrons. The Morgan fingerprint density at radius 3 is 2.04 bits per heavy atom. The molecule has 0 saturated carbocycles. The smallest absolute Gasteiger partial charge is 0.244 e. The Balaban J connectivity index is 1.63. The van der Waals surface area contributed by atoms with Crippen molar-refractivity contribution >= 4 is 18.4 Å². The van der Waals surface area contributed by atoms with Crippen LogP contribution in [0.15, 0.2) is 65.1 Å². The van der Waals surface area contributed by atoms with E-state index >= 15 is 0 Å². The number of nitrogens with zero attached hydrogens (tertiary/aromatic N) is 5. The molecule has 26 heavy (non-hydrogen) atoms. The molecule has 2 aromatic carbocycles. The van der Waals surface area contributed by atoms with Gasteiger partial charge in [0.1, 0.15) is 6.33 Å². The summed E-state index contributed by atoms with van der Waals surface area (Å²) < 4.78 is 1.55. The monoisotopic (exact) mass is 346 g/mol. The number of aromatic nitrogens is 3. The number of benzene rings is 2. The molecule has 3 rings (SSSR count). The SMILES string of the molecule is CCc1ccc(/C=N\Nc2nncn2/N=C/c2ccc(CC)cc2)cc1. The Bertz CT molecular complexity index is 875. The number of aryl methyl sites for hydroxylation is 2. The van der Waals surface area contributed by atoms with Crippen molar-refractivity contribution in [1.29, 1.82) is 0 Å². The molecule has 0 aliphatic rings. The van der Waals surface area contributed by atoms with Gasteiger partial charge in [-0.15, -0.1) is 10.2 Å². The van der Waals surface area contributed by atoms with Gasteiger partial charge in [0, 0.05) is 0 Å². The minimum Gasteiger partial charge on any atom is -0.244 e. The molecule has 0 aliphatic heterocycles. The lowest BCUT2D eigenvalue weighted by Crippen LogP contribution is -1.99. The van der Waals surface area contributed by atoms with E-state index in [0.717, 1.165) is 24.0 Å². The molecular formula is C20H22N6. The molecule has 1 heterocycles. The van der Waals surface area contributed by atoms with Crippen LogP contribution in [0.1, 0.15) is 36.1 Å². The van der Waals surface area contributed by atoms with Gasteiger partial charge in [0.25, 0.3) is 5.95 Å². The standard InChI is InChI=1S/C20H22N6/c1-3-16-5-9-18(10-6-16)13-21-24-20-25-22-15-26(20)23-14-19-11-7-17(4-2)8-12-19/h5-15H,3-4H2,1-2H3,(H,24,25)/b21-13-,23-14+. The van der Waals surface area contributed by atoms with E-state index in [9.17, 15) is 0 Å². The number of nitrogens with one attached hydrogen (secondary N) is 1. The fourth-order valence-corrected chi connectivity index (χ4v) is 2.36. The lowest BCUT2D eigenvalue weighted by molar-refractivity contribution is 0.879. The van der Waals surface area contributed by atoms with Crippen LogP contribution in [-0.2, 0) is 12.8 Å². The quantitative estimate of drug-likeness (QED) is 0.523. The van der Waals surface area contributed by atoms with E-state index in [4.69, 9.17) is 0 Å². The third-order valence-corrected chi connectivity index (χ3v) is 4.02. The van der Waals surface area contributed by atoms with Crippen molar-refractivity contribution in [1.82, 2.24) is 14.9 Å². The second-order valence-electron chi connectivity index (χ2n) is 5.80. The van der Waals surface area contributed by atoms with Gasteiger partial charge in [0.05, 0.1) is 12.4 Å². The molecule has 0 spiro atoms. The summed E-state index contributed by atoms with van der Waals surface area (Å²) in [6, 6.07) is 16.5. The number of hydrazone groups is 1. The molecule has 1 N–H and O–H groups in total. The Kier molecular flexibility index (Phi) is 5.88. The van der Waals surface area contributed by atoms with Crippen LogP contribution in [0.5, 0.6) is 0 Å². The predicted octanol–water partition coefficient (Wildman–Crippen LogP) is 3.73. The van der Waals surface area contributed by atoms with Crippen LogP contribution in [0, 0.1) is 0 Å². The molecule has 6 heteroatoms. The fourth-order valence-electron chi connectivity index (χ4n) is 2.36. The highest BCUT2D eigenvalue weighted by atomic mass is 15.5. The second-order valence-corrected chi connectivity index (χ2v) is 5.80. The van der Waals surface area contributed by atoms with E-state index in [-0.39, 0.29) is 0 Å². The highest BCUT2D eigenvalue weighted by Gasteiger charge is 2.00. The molecule has 0 amide bonds. The Hall–Kier alpha value is -3.28. The van der Waals surface area contributed by atoms with Gasteiger partial charge in [-0.1, -0.05) is 62.4 Å². The van der Waals surface area contributed by atoms with Gasteiger partial charge in [-0.3, -0.25) is 0 Å². The number of anilines is 1. The molecular weight excluding hydrogens is 324 g/mol. The lowest BCUT2D eigenvalue weighted by atomic mass is 10.1. The van der Waals surface area contributed by atoms with Crippen LogP contribution in [0.25, 0.3) is 0 Å². The topological polar surface area (TPSA) is 67.5 Å². The number of rotatable bonds is 7. The molecule has 6 nitrogen and oxygen atoms in total. The fraction of sp³-hybridized carbons (Fsp3) is 0.200. The summed E-state index contributed by atoms with van der Waals surface area (Å²) in [5.41, 5.74) is 7.50. The molecule has 1 aromatic heterocycles. The largest absolute Gasteiger partial charge is 0.265 e. The Morgan fingerprint density at radius 1 is 0.885 bits per heavy atom. The third-order valence-electron chi connectivity index (χ3n) is 4.02. The van der Waals surface area contributed by atoms with Gasteiger partial charge in [0.15, 0.2) is 0 Å². The maximum Gasteiger partial charge on any atom is 0.265 e. The predicted molar refractivity (Wildman–Crippen MR) is 106 cm³/mol. The summed E-state index contributed by atoms with van der Waals surface area (Å²) in [5, 5.41) is 16.4. The van der Waals surface area contributed by atoms with Gasteiger partial charge in [-0.25, -0.2) is 5.43 Å². The average Bonchev–Trinajstić information content (AvgIpc) is 3.14. The zero-order valence-corrected chi connectivity index (χ0v) is 15.0. The van der Waals surface area contributed by atoms with E-state index in [2.05, 4.69) is 63.9 Å². The molecule has 3 aromatic rings. The summed E-state index contributed by atoms with van der Waals surface area (Å²) in [5.74, 6) is 0.452. The van der Waals surface area contributed by atoms with Gasteiger partial charge < -0.3 is 0 Å². The maximum absolute atomic E-state index is 4.37. The van der Waals surface area contributed by atoms with Gasteiger partial charge in [0.2, 0.25) is 0 Å². The number of hydrogen-bond acceptors (Lipinski definition) is 5. The van der Waals surface area contributed by atoms with Crippen molar-refractivity contribution in [2.75, 3.05) is 5.43 Å². The minimum absolute atomic E-state index is 0.452. The van der Waals surface area contributed by atoms with Gasteiger partial charge in [-0.05, 0) is 35.1 Å². The third kappa shape index (κ3) is 4.63. The average molecular weight is 346 g/mol. The van der Waals surface area contributed by atoms with Crippen molar-refractivity contribution in [3.8, 4) is 0 Å². The van der Waals surface area contributed by atoms with Gasteiger partial charge in [-0.2, -0.15) is 14.9 Å². The van der Waals surface area contributed by atoms with E-state index in [1.54, 1.807) is 17.1 Å². The molecule has 0 saturated heterocycles. The normalized spacial score (nSPS) is 11.5. The first kappa shape index (κ1) is 17.5. The molecule has 132 valence electrons. The van der Waals surface area contributed by atoms with Crippen molar-refractivity contribution < 1.29 is 0 Å². The zero-order valence-electron chi connectivity index (χ0n) is 15.0. The highest BCUT2D eigenvalue weighted by Crippen LogP contribution is 2.06. The molecule has 0 fully saturated rings. The molecule has 0 bridgehead atoms. The summed E-state index contributed by atoms with van der Waals surface area (Å²) in [6.07, 6.45) is 7.09. The van der Waals surface area contributed by atoms with Crippen molar-refractivity contribution in [2.24, 2.45) is 10.2 Å². The highest BCUT2D eigenvalue weighted by molar-refractivity contribution is 5.80. The van der Waals surface area contributed by atoms with E-state index < -0.39 is 0 Å². The van der Waals surface area contributed by atoms with Crippen LogP contribution >= 0.6 is 0 Å². The van der Waals surface area contributed by atoms with Crippen LogP contribution in [0.4, 0.5) is 5.95 Å². The van der Waals surface area contributed by atoms with E-state index in [1.807, 2.05) is 24.3 Å². The van der Waals surface area contributed by atoms with Crippen LogP contribution in [-0.4, -0.2) is 27.3 Å². The Morgan fingerprint density at radius 2 is 1.46 bits per heavy atom. The first-order chi connectivity index (χ1) is 12.8. The van der Waals surface area contributed by atoms with Crippen LogP contribution in [0.2, 0.25) is 0 Å². The molecule has 0 aliphatic carbocycles. The number of hydrogen-bond donors (Lipinski definition) is 1. The van der Waals surface area contributed by atoms with E-state index in [1.165, 1.54) is 17.5 Å². The second kappa shape index (κ2) is 8.71.